The number of benzene rings is 2. The van der Waals surface area contributed by atoms with Crippen LogP contribution in [0, 0.1) is 5.92 Å². The topological polar surface area (TPSA) is 63.9 Å². The lowest BCUT2D eigenvalue weighted by Gasteiger charge is -2.16. The van der Waals surface area contributed by atoms with E-state index in [1.54, 1.807) is 27.8 Å². The van der Waals surface area contributed by atoms with Crippen LogP contribution in [-0.2, 0) is 16.6 Å². The quantitative estimate of drug-likeness (QED) is 0.343. The highest BCUT2D eigenvalue weighted by Gasteiger charge is 2.27. The fourth-order valence-corrected chi connectivity index (χ4v) is 6.42. The second-order valence-electron chi connectivity index (χ2n) is 8.58. The molecule has 0 bridgehead atoms. The summed E-state index contributed by atoms with van der Waals surface area (Å²) >= 11 is 1.59. The Kier molecular flexibility index (Phi) is 9.14. The van der Waals surface area contributed by atoms with Gasteiger partial charge >= 0.3 is 0 Å². The number of sulfonamides is 1. The molecule has 1 aliphatic rings. The summed E-state index contributed by atoms with van der Waals surface area (Å²) in [7, 11) is -3.41. The van der Waals surface area contributed by atoms with Gasteiger partial charge in [-0.2, -0.15) is 4.31 Å². The van der Waals surface area contributed by atoms with Crippen LogP contribution in [0.15, 0.2) is 63.8 Å². The number of rotatable bonds is 8. The maximum atomic E-state index is 12.9. The molecule has 1 fully saturated rings. The van der Waals surface area contributed by atoms with Crippen LogP contribution in [0.25, 0.3) is 11.3 Å². The van der Waals surface area contributed by atoms with Crippen molar-refractivity contribution in [3.63, 3.8) is 0 Å². The van der Waals surface area contributed by atoms with Crippen molar-refractivity contribution in [2.75, 3.05) is 19.7 Å². The molecule has 1 aliphatic heterocycles. The molecule has 1 aromatic heterocycles. The van der Waals surface area contributed by atoms with E-state index in [9.17, 15) is 8.42 Å². The molecular weight excluding hydrogens is 534 g/mol. The van der Waals surface area contributed by atoms with Gasteiger partial charge in [-0.1, -0.05) is 26.0 Å². The molecule has 0 atom stereocenters. The molecule has 4 rings (SSSR count). The number of hydrogen-bond donors (Lipinski definition) is 0. The molecule has 0 amide bonds. The van der Waals surface area contributed by atoms with Crippen molar-refractivity contribution >= 4 is 44.0 Å². The molecule has 6 nitrogen and oxygen atoms in total. The van der Waals surface area contributed by atoms with E-state index in [1.165, 1.54) is 0 Å². The van der Waals surface area contributed by atoms with Crippen molar-refractivity contribution < 1.29 is 13.2 Å². The van der Waals surface area contributed by atoms with Gasteiger partial charge in [0.2, 0.25) is 10.0 Å². The first-order valence-corrected chi connectivity index (χ1v) is 13.8. The van der Waals surface area contributed by atoms with E-state index < -0.39 is 10.0 Å². The molecule has 0 N–H and O–H groups in total. The van der Waals surface area contributed by atoms with Gasteiger partial charge in [0.25, 0.3) is 0 Å². The van der Waals surface area contributed by atoms with E-state index >= 15 is 0 Å². The molecule has 2 heterocycles. The van der Waals surface area contributed by atoms with Gasteiger partial charge in [0.1, 0.15) is 5.75 Å². The van der Waals surface area contributed by atoms with Gasteiger partial charge in [0.15, 0.2) is 4.80 Å². The summed E-state index contributed by atoms with van der Waals surface area (Å²) in [5.74, 6) is 1.27. The summed E-state index contributed by atoms with van der Waals surface area (Å²) in [5.41, 5.74) is 2.90. The van der Waals surface area contributed by atoms with Crippen LogP contribution in [-0.4, -0.2) is 37.0 Å². The Labute approximate surface area is 216 Å². The molecule has 2 aromatic carbocycles. The highest BCUT2D eigenvalue weighted by atomic mass is 79.9. The summed E-state index contributed by atoms with van der Waals surface area (Å²) in [6, 6.07) is 15.1. The summed E-state index contributed by atoms with van der Waals surface area (Å²) < 4.78 is 35.1. The number of aromatic nitrogens is 1. The van der Waals surface area contributed by atoms with Crippen molar-refractivity contribution in [3.05, 3.63) is 58.7 Å². The third kappa shape index (κ3) is 6.00. The minimum Gasteiger partial charge on any atom is -0.494 e. The minimum atomic E-state index is -3.41. The Hall–Kier alpha value is -1.94. The van der Waals surface area contributed by atoms with Gasteiger partial charge in [0, 0.05) is 25.0 Å². The maximum Gasteiger partial charge on any atom is 0.243 e. The van der Waals surface area contributed by atoms with E-state index in [4.69, 9.17) is 9.73 Å². The molecule has 0 aliphatic carbocycles. The Morgan fingerprint density at radius 2 is 1.68 bits per heavy atom. The Balaban J connectivity index is 0.00000324. The first kappa shape index (κ1) is 26.7. The number of nitrogens with zero attached hydrogens (tertiary/aromatic N) is 3. The van der Waals surface area contributed by atoms with Crippen LogP contribution in [0.5, 0.6) is 5.75 Å². The van der Waals surface area contributed by atoms with Gasteiger partial charge < -0.3 is 9.30 Å². The molecule has 0 radical (unpaired) electrons. The molecule has 0 unspecified atom stereocenters. The summed E-state index contributed by atoms with van der Waals surface area (Å²) in [6.07, 6.45) is 1.87. The third-order valence-corrected chi connectivity index (χ3v) is 8.35. The smallest absolute Gasteiger partial charge is 0.243 e. The summed E-state index contributed by atoms with van der Waals surface area (Å²) in [6.45, 7) is 9.01. The first-order valence-electron chi connectivity index (χ1n) is 11.4. The van der Waals surface area contributed by atoms with Crippen molar-refractivity contribution in [2.24, 2.45) is 10.9 Å². The van der Waals surface area contributed by atoms with E-state index in [-0.39, 0.29) is 17.0 Å². The number of thiazole rings is 1. The third-order valence-electron chi connectivity index (χ3n) is 5.57. The maximum absolute atomic E-state index is 12.9. The minimum absolute atomic E-state index is 0. The van der Waals surface area contributed by atoms with Crippen LogP contribution in [0.3, 0.4) is 0 Å². The van der Waals surface area contributed by atoms with Crippen LogP contribution in [0.1, 0.15) is 33.6 Å². The van der Waals surface area contributed by atoms with Gasteiger partial charge in [-0.25, -0.2) is 13.4 Å². The second kappa shape index (κ2) is 11.7. The molecule has 1 saturated heterocycles. The van der Waals surface area contributed by atoms with Crippen LogP contribution in [0.4, 0.5) is 5.69 Å². The predicted octanol–water partition coefficient (Wildman–Crippen LogP) is 5.87. The predicted molar refractivity (Wildman–Crippen MR) is 144 cm³/mol. The van der Waals surface area contributed by atoms with Crippen LogP contribution < -0.4 is 9.54 Å². The average molecular weight is 567 g/mol. The monoisotopic (exact) mass is 565 g/mol. The average Bonchev–Trinajstić information content (AvgIpc) is 3.47. The van der Waals surface area contributed by atoms with Crippen LogP contribution in [0.2, 0.25) is 0 Å². The highest BCUT2D eigenvalue weighted by Crippen LogP contribution is 2.26. The van der Waals surface area contributed by atoms with E-state index in [2.05, 4.69) is 23.8 Å². The van der Waals surface area contributed by atoms with E-state index in [0.717, 1.165) is 46.9 Å². The van der Waals surface area contributed by atoms with E-state index in [0.29, 0.717) is 30.5 Å². The van der Waals surface area contributed by atoms with Crippen molar-refractivity contribution in [3.8, 4) is 17.0 Å². The molecule has 0 spiro atoms. The second-order valence-corrected chi connectivity index (χ2v) is 11.4. The number of ether oxygens (including phenoxy) is 1. The first-order chi connectivity index (χ1) is 15.9. The molecule has 3 aromatic rings. The largest absolute Gasteiger partial charge is 0.494 e. The normalized spacial score (nSPS) is 15.0. The van der Waals surface area contributed by atoms with Crippen molar-refractivity contribution in [1.82, 2.24) is 8.87 Å². The van der Waals surface area contributed by atoms with E-state index in [1.807, 2.05) is 43.3 Å². The zero-order valence-corrected chi connectivity index (χ0v) is 23.2. The highest BCUT2D eigenvalue weighted by molar-refractivity contribution is 8.93. The van der Waals surface area contributed by atoms with Gasteiger partial charge in [-0.05, 0) is 67.6 Å². The standard InChI is InChI=1S/C25H31N3O3S2.BrH/c1-4-31-22-11-9-21(10-12-22)26-25-28(17-19(2)3)24(18-32-25)20-7-13-23(14-8-20)33(29,30)27-15-5-6-16-27;/h7-14,18-19H,4-6,15-17H2,1-3H3;1H. The van der Waals surface area contributed by atoms with Crippen molar-refractivity contribution in [2.45, 2.75) is 45.1 Å². The SMILES string of the molecule is Br.CCOc1ccc(N=c2scc(-c3ccc(S(=O)(=O)N4CCCC4)cc3)n2CC(C)C)cc1. The lowest BCUT2D eigenvalue weighted by molar-refractivity contribution is 0.340. The summed E-state index contributed by atoms with van der Waals surface area (Å²) in [5, 5.41) is 2.10. The lowest BCUT2D eigenvalue weighted by atomic mass is 10.1. The van der Waals surface area contributed by atoms with Crippen molar-refractivity contribution in [1.29, 1.82) is 0 Å². The van der Waals surface area contributed by atoms with Gasteiger partial charge in [-0.3, -0.25) is 0 Å². The fraction of sp³-hybridized carbons (Fsp3) is 0.400. The number of hydrogen-bond acceptors (Lipinski definition) is 5. The van der Waals surface area contributed by atoms with Crippen LogP contribution >= 0.6 is 28.3 Å². The van der Waals surface area contributed by atoms with Gasteiger partial charge in [0.05, 0.1) is 22.9 Å². The molecule has 0 saturated carbocycles. The Morgan fingerprint density at radius 3 is 2.26 bits per heavy atom. The fourth-order valence-electron chi connectivity index (χ4n) is 3.96. The lowest BCUT2D eigenvalue weighted by Crippen LogP contribution is -2.27. The molecule has 184 valence electrons. The molecule has 34 heavy (non-hydrogen) atoms. The summed E-state index contributed by atoms with van der Waals surface area (Å²) in [4.78, 5) is 6.15. The molecule has 9 heteroatoms. The Morgan fingerprint density at radius 1 is 1.03 bits per heavy atom. The Bertz CT molecular complexity index is 1240. The van der Waals surface area contributed by atoms with Gasteiger partial charge in [-0.15, -0.1) is 28.3 Å². The number of halogens is 1. The molecular formula is C25H32BrN3O3S2. The zero-order valence-electron chi connectivity index (χ0n) is 19.8. The zero-order chi connectivity index (χ0) is 23.4.